The molecule has 31 heavy (non-hydrogen) atoms. The van der Waals surface area contributed by atoms with Gasteiger partial charge in [-0.1, -0.05) is 48.6 Å². The third kappa shape index (κ3) is 6.83. The molecule has 1 saturated carbocycles. The second-order valence-electron chi connectivity index (χ2n) is 8.44. The summed E-state index contributed by atoms with van der Waals surface area (Å²) in [7, 11) is 0. The highest BCUT2D eigenvalue weighted by atomic mass is 19.3. The molecule has 0 saturated heterocycles. The van der Waals surface area contributed by atoms with Crippen molar-refractivity contribution in [2.75, 3.05) is 0 Å². The fraction of sp³-hybridized carbons (Fsp3) is 0.407. The average Bonchev–Trinajstić information content (AvgIpc) is 2.77. The van der Waals surface area contributed by atoms with Crippen LogP contribution in [0.25, 0.3) is 0 Å². The number of alkyl halides is 2. The fourth-order valence-corrected chi connectivity index (χ4v) is 4.19. The summed E-state index contributed by atoms with van der Waals surface area (Å²) >= 11 is 0. The molecule has 0 aromatic heterocycles. The maximum absolute atomic E-state index is 14.5. The highest BCUT2D eigenvalue weighted by Crippen LogP contribution is 2.36. The molecule has 0 heterocycles. The van der Waals surface area contributed by atoms with E-state index in [1.165, 1.54) is 6.07 Å². The number of halogens is 3. The van der Waals surface area contributed by atoms with Crippen LogP contribution >= 0.6 is 0 Å². The zero-order chi connectivity index (χ0) is 22.3. The topological polar surface area (TPSA) is 9.23 Å². The Balaban J connectivity index is 1.54. The van der Waals surface area contributed by atoms with E-state index in [4.69, 9.17) is 4.74 Å². The van der Waals surface area contributed by atoms with Crippen LogP contribution in [0.1, 0.15) is 60.3 Å². The van der Waals surface area contributed by atoms with Crippen molar-refractivity contribution in [1.82, 2.24) is 0 Å². The quantitative estimate of drug-likeness (QED) is 0.351. The predicted molar refractivity (Wildman–Crippen MR) is 120 cm³/mol. The summed E-state index contributed by atoms with van der Waals surface area (Å²) in [4.78, 5) is 0. The Bertz CT molecular complexity index is 865. The molecule has 1 fully saturated rings. The van der Waals surface area contributed by atoms with Gasteiger partial charge in [-0.25, -0.2) is 4.39 Å². The SMILES string of the molecule is C=CCCc1ccc(CC(F)(F)OCc2ccc(C3CCC(C=C)CC3)cc2F)cc1. The van der Waals surface area contributed by atoms with Crippen LogP contribution in [0.15, 0.2) is 67.8 Å². The Hall–Kier alpha value is -2.33. The maximum atomic E-state index is 14.5. The minimum absolute atomic E-state index is 0.156. The number of rotatable bonds is 10. The van der Waals surface area contributed by atoms with Gasteiger partial charge in [-0.3, -0.25) is 0 Å². The summed E-state index contributed by atoms with van der Waals surface area (Å²) in [6, 6.07) is 12.0. The summed E-state index contributed by atoms with van der Waals surface area (Å²) < 4.78 is 48.0. The smallest absolute Gasteiger partial charge is 0.315 e. The Morgan fingerprint density at radius 3 is 2.26 bits per heavy atom. The summed E-state index contributed by atoms with van der Waals surface area (Å²) in [5, 5.41) is 0. The van der Waals surface area contributed by atoms with Gasteiger partial charge < -0.3 is 4.74 Å². The van der Waals surface area contributed by atoms with Crippen LogP contribution < -0.4 is 0 Å². The van der Waals surface area contributed by atoms with Crippen molar-refractivity contribution in [1.29, 1.82) is 0 Å². The lowest BCUT2D eigenvalue weighted by Gasteiger charge is -2.27. The number of hydrogen-bond donors (Lipinski definition) is 0. The lowest BCUT2D eigenvalue weighted by atomic mass is 9.78. The Morgan fingerprint density at radius 1 is 0.968 bits per heavy atom. The van der Waals surface area contributed by atoms with Gasteiger partial charge in [0, 0.05) is 5.56 Å². The molecule has 0 N–H and O–H groups in total. The first-order valence-electron chi connectivity index (χ1n) is 11.0. The van der Waals surface area contributed by atoms with Crippen molar-refractivity contribution >= 4 is 0 Å². The molecular formula is C27H31F3O. The molecule has 0 amide bonds. The van der Waals surface area contributed by atoms with Crippen molar-refractivity contribution in [3.8, 4) is 0 Å². The highest BCUT2D eigenvalue weighted by Gasteiger charge is 2.31. The number of aryl methyl sites for hydroxylation is 1. The van der Waals surface area contributed by atoms with E-state index in [-0.39, 0.29) is 5.56 Å². The molecule has 3 rings (SSSR count). The van der Waals surface area contributed by atoms with E-state index >= 15 is 0 Å². The van der Waals surface area contributed by atoms with E-state index in [9.17, 15) is 13.2 Å². The molecule has 0 aliphatic heterocycles. The number of benzene rings is 2. The van der Waals surface area contributed by atoms with Gasteiger partial charge in [0.25, 0.3) is 0 Å². The van der Waals surface area contributed by atoms with Gasteiger partial charge in [0.15, 0.2) is 0 Å². The van der Waals surface area contributed by atoms with Gasteiger partial charge in [-0.15, -0.1) is 13.2 Å². The van der Waals surface area contributed by atoms with Crippen molar-refractivity contribution < 1.29 is 17.9 Å². The van der Waals surface area contributed by atoms with Crippen LogP contribution in [-0.4, -0.2) is 6.11 Å². The van der Waals surface area contributed by atoms with E-state index in [1.807, 2.05) is 30.4 Å². The van der Waals surface area contributed by atoms with Crippen molar-refractivity contribution in [3.05, 3.63) is 95.8 Å². The first kappa shape index (κ1) is 23.3. The standard InChI is InChI=1S/C27H31F3O/c1-3-5-6-21-7-9-22(10-8-21)18-27(29,30)31-19-25-16-15-24(17-26(25)28)23-13-11-20(4-2)12-14-23/h3-4,7-10,15-17,20,23H,1-2,5-6,11-14,18-19H2. The van der Waals surface area contributed by atoms with Crippen molar-refractivity contribution in [3.63, 3.8) is 0 Å². The maximum Gasteiger partial charge on any atom is 0.360 e. The minimum atomic E-state index is -3.36. The van der Waals surface area contributed by atoms with Gasteiger partial charge in [0.1, 0.15) is 5.82 Å². The van der Waals surface area contributed by atoms with E-state index in [1.54, 1.807) is 18.2 Å². The van der Waals surface area contributed by atoms with E-state index in [2.05, 4.69) is 13.2 Å². The zero-order valence-electron chi connectivity index (χ0n) is 18.0. The van der Waals surface area contributed by atoms with Gasteiger partial charge in [0.2, 0.25) is 0 Å². The van der Waals surface area contributed by atoms with Gasteiger partial charge in [-0.05, 0) is 73.1 Å². The van der Waals surface area contributed by atoms with Crippen LogP contribution in [0, 0.1) is 11.7 Å². The summed E-state index contributed by atoms with van der Waals surface area (Å²) in [6.45, 7) is 7.07. The minimum Gasteiger partial charge on any atom is -0.315 e. The summed E-state index contributed by atoms with van der Waals surface area (Å²) in [5.74, 6) is 0.377. The zero-order valence-corrected chi connectivity index (χ0v) is 18.0. The molecule has 1 nitrogen and oxygen atoms in total. The predicted octanol–water partition coefficient (Wildman–Crippen LogP) is 7.76. The molecule has 0 atom stereocenters. The van der Waals surface area contributed by atoms with Gasteiger partial charge >= 0.3 is 6.11 Å². The first-order chi connectivity index (χ1) is 14.9. The Kier molecular flexibility index (Phi) is 8.14. The second kappa shape index (κ2) is 10.8. The van der Waals surface area contributed by atoms with Crippen molar-refractivity contribution in [2.24, 2.45) is 5.92 Å². The summed E-state index contributed by atoms with van der Waals surface area (Å²) in [5.41, 5.74) is 2.65. The molecule has 0 bridgehead atoms. The molecule has 1 aliphatic carbocycles. The Labute approximate surface area is 183 Å². The number of hydrogen-bond acceptors (Lipinski definition) is 1. The molecule has 2 aromatic carbocycles. The second-order valence-corrected chi connectivity index (χ2v) is 8.44. The Morgan fingerprint density at radius 2 is 1.65 bits per heavy atom. The molecule has 0 radical (unpaired) electrons. The van der Waals surface area contributed by atoms with Crippen LogP contribution in [-0.2, 0) is 24.2 Å². The average molecular weight is 429 g/mol. The molecule has 1 aliphatic rings. The number of ether oxygens (including phenoxy) is 1. The van der Waals surface area contributed by atoms with E-state index < -0.39 is 25.0 Å². The summed E-state index contributed by atoms with van der Waals surface area (Å²) in [6.07, 6.45) is 5.71. The number of allylic oxidation sites excluding steroid dienone is 2. The molecule has 166 valence electrons. The molecule has 2 aromatic rings. The van der Waals surface area contributed by atoms with E-state index in [0.717, 1.165) is 49.7 Å². The lowest BCUT2D eigenvalue weighted by Crippen LogP contribution is -2.24. The molecule has 0 unspecified atom stereocenters. The largest absolute Gasteiger partial charge is 0.360 e. The van der Waals surface area contributed by atoms with Crippen LogP contribution in [0.4, 0.5) is 13.2 Å². The van der Waals surface area contributed by atoms with Gasteiger partial charge in [-0.2, -0.15) is 8.78 Å². The lowest BCUT2D eigenvalue weighted by molar-refractivity contribution is -0.244. The third-order valence-corrected chi connectivity index (χ3v) is 6.16. The van der Waals surface area contributed by atoms with Crippen LogP contribution in [0.3, 0.4) is 0 Å². The highest BCUT2D eigenvalue weighted by molar-refractivity contribution is 5.27. The fourth-order valence-electron chi connectivity index (χ4n) is 4.19. The normalized spacial score (nSPS) is 19.2. The first-order valence-corrected chi connectivity index (χ1v) is 11.0. The monoisotopic (exact) mass is 428 g/mol. The van der Waals surface area contributed by atoms with Crippen LogP contribution in [0.2, 0.25) is 0 Å². The van der Waals surface area contributed by atoms with E-state index in [0.29, 0.717) is 17.4 Å². The molecular weight excluding hydrogens is 397 g/mol. The molecule has 4 heteroatoms. The van der Waals surface area contributed by atoms with Gasteiger partial charge in [0.05, 0.1) is 13.0 Å². The molecule has 0 spiro atoms. The van der Waals surface area contributed by atoms with Crippen molar-refractivity contribution in [2.45, 2.75) is 63.6 Å². The van der Waals surface area contributed by atoms with Crippen LogP contribution in [0.5, 0.6) is 0 Å². The third-order valence-electron chi connectivity index (χ3n) is 6.16.